The molecule has 1 heterocycles. The molecule has 0 spiro atoms. The Labute approximate surface area is 123 Å². The van der Waals surface area contributed by atoms with Crippen LogP contribution in [0, 0.1) is 24.0 Å². The summed E-state index contributed by atoms with van der Waals surface area (Å²) in [6, 6.07) is 7.06. The summed E-state index contributed by atoms with van der Waals surface area (Å²) < 4.78 is 2.07. The lowest BCUT2D eigenvalue weighted by molar-refractivity contribution is -0.386. The number of hydrogen-bond donors (Lipinski definition) is 0. The van der Waals surface area contributed by atoms with E-state index in [-0.39, 0.29) is 18.0 Å². The number of aryl methyl sites for hydroxylation is 1. The maximum atomic E-state index is 12.2. The highest BCUT2D eigenvalue weighted by molar-refractivity contribution is 9.10. The molecular weight excluding hydrogens is 326 g/mol. The average Bonchev–Trinajstić information content (AvgIpc) is 2.64. The summed E-state index contributed by atoms with van der Waals surface area (Å²) in [5.74, 6) is -0.155. The third-order valence-electron chi connectivity index (χ3n) is 2.99. The van der Waals surface area contributed by atoms with Gasteiger partial charge in [-0.25, -0.2) is 0 Å². The lowest BCUT2D eigenvalue weighted by atomic mass is 10.1. The van der Waals surface area contributed by atoms with Crippen LogP contribution in [0.3, 0.4) is 0 Å². The molecule has 0 aliphatic rings. The minimum atomic E-state index is -0.475. The number of Topliss-reactive ketones (excluding diaryl/α,β-unsaturated/α-hetero) is 1. The fourth-order valence-electron chi connectivity index (χ4n) is 2.01. The smallest absolute Gasteiger partial charge is 0.292 e. The number of nitrogens with zero attached hydrogens (tertiary/aromatic N) is 3. The van der Waals surface area contributed by atoms with Crippen molar-refractivity contribution in [3.8, 4) is 0 Å². The molecule has 1 aromatic carbocycles. The van der Waals surface area contributed by atoms with Gasteiger partial charge >= 0.3 is 5.69 Å². The largest absolute Gasteiger partial charge is 0.312 e. The van der Waals surface area contributed by atoms with Gasteiger partial charge in [0.2, 0.25) is 0 Å². The highest BCUT2D eigenvalue weighted by atomic mass is 79.9. The molecule has 0 aliphatic carbocycles. The van der Waals surface area contributed by atoms with Gasteiger partial charge in [-0.05, 0) is 19.9 Å². The van der Waals surface area contributed by atoms with Crippen LogP contribution in [0.2, 0.25) is 0 Å². The monoisotopic (exact) mass is 337 g/mol. The highest BCUT2D eigenvalue weighted by Gasteiger charge is 2.23. The number of nitro groups is 1. The molecule has 0 bridgehead atoms. The molecule has 1 aromatic heterocycles. The first-order valence-corrected chi connectivity index (χ1v) is 6.67. The minimum Gasteiger partial charge on any atom is -0.292 e. The SMILES string of the molecule is Cc1nn(CC(=O)c2ccccc2Br)c(C)c1[N+](=O)[O-]. The van der Waals surface area contributed by atoms with Crippen molar-refractivity contribution in [2.45, 2.75) is 20.4 Å². The van der Waals surface area contributed by atoms with E-state index in [4.69, 9.17) is 0 Å². The first-order chi connectivity index (χ1) is 9.41. The van der Waals surface area contributed by atoms with Gasteiger partial charge < -0.3 is 0 Å². The average molecular weight is 338 g/mol. The summed E-state index contributed by atoms with van der Waals surface area (Å²) in [6.07, 6.45) is 0. The summed E-state index contributed by atoms with van der Waals surface area (Å²) in [7, 11) is 0. The maximum Gasteiger partial charge on any atom is 0.312 e. The van der Waals surface area contributed by atoms with Gasteiger partial charge in [-0.3, -0.25) is 19.6 Å². The molecule has 2 aromatic rings. The van der Waals surface area contributed by atoms with Gasteiger partial charge in [0, 0.05) is 10.0 Å². The van der Waals surface area contributed by atoms with Crippen molar-refractivity contribution < 1.29 is 9.72 Å². The molecule has 0 aliphatic heterocycles. The predicted molar refractivity (Wildman–Crippen MR) is 76.8 cm³/mol. The first kappa shape index (κ1) is 14.4. The number of benzene rings is 1. The van der Waals surface area contributed by atoms with E-state index >= 15 is 0 Å². The van der Waals surface area contributed by atoms with Crippen molar-refractivity contribution in [3.63, 3.8) is 0 Å². The molecule has 0 unspecified atom stereocenters. The summed E-state index contributed by atoms with van der Waals surface area (Å²) >= 11 is 3.31. The van der Waals surface area contributed by atoms with Crippen LogP contribution in [0.1, 0.15) is 21.7 Å². The van der Waals surface area contributed by atoms with E-state index in [9.17, 15) is 14.9 Å². The van der Waals surface area contributed by atoms with E-state index in [1.807, 2.05) is 6.07 Å². The van der Waals surface area contributed by atoms with E-state index in [2.05, 4.69) is 21.0 Å². The second kappa shape index (κ2) is 5.54. The van der Waals surface area contributed by atoms with Crippen molar-refractivity contribution >= 4 is 27.4 Å². The number of halogens is 1. The number of carbonyl (C=O) groups is 1. The molecule has 0 fully saturated rings. The van der Waals surface area contributed by atoms with Gasteiger partial charge in [0.05, 0.1) is 4.92 Å². The van der Waals surface area contributed by atoms with Gasteiger partial charge in [0.25, 0.3) is 0 Å². The summed E-state index contributed by atoms with van der Waals surface area (Å²) in [5, 5.41) is 15.0. The second-order valence-electron chi connectivity index (χ2n) is 4.34. The van der Waals surface area contributed by atoms with Gasteiger partial charge in [-0.1, -0.05) is 34.1 Å². The number of rotatable bonds is 4. The van der Waals surface area contributed by atoms with Crippen molar-refractivity contribution in [1.29, 1.82) is 0 Å². The second-order valence-corrected chi connectivity index (χ2v) is 5.19. The first-order valence-electron chi connectivity index (χ1n) is 5.88. The van der Waals surface area contributed by atoms with E-state index in [1.165, 1.54) is 4.68 Å². The molecule has 6 nitrogen and oxygen atoms in total. The summed E-state index contributed by atoms with van der Waals surface area (Å²) in [6.45, 7) is 3.12. The zero-order valence-electron chi connectivity index (χ0n) is 11.0. The van der Waals surface area contributed by atoms with Crippen LogP contribution in [0.5, 0.6) is 0 Å². The predicted octanol–water partition coefficient (Wildman–Crippen LogP) is 3.05. The molecule has 104 valence electrons. The topological polar surface area (TPSA) is 78.0 Å². The highest BCUT2D eigenvalue weighted by Crippen LogP contribution is 2.23. The van der Waals surface area contributed by atoms with Crippen LogP contribution in [-0.2, 0) is 6.54 Å². The number of carbonyl (C=O) groups excluding carboxylic acids is 1. The molecule has 0 radical (unpaired) electrons. The third kappa shape index (κ3) is 2.62. The number of hydrogen-bond acceptors (Lipinski definition) is 4. The lowest BCUT2D eigenvalue weighted by Gasteiger charge is -2.05. The minimum absolute atomic E-state index is 0.0247. The van der Waals surface area contributed by atoms with Crippen LogP contribution in [0.15, 0.2) is 28.7 Å². The zero-order valence-corrected chi connectivity index (χ0v) is 12.5. The Balaban J connectivity index is 2.32. The molecule has 20 heavy (non-hydrogen) atoms. The molecule has 0 amide bonds. The summed E-state index contributed by atoms with van der Waals surface area (Å²) in [5.41, 5.74) is 1.19. The van der Waals surface area contributed by atoms with Crippen LogP contribution in [-0.4, -0.2) is 20.5 Å². The molecular formula is C13H12BrN3O3. The quantitative estimate of drug-likeness (QED) is 0.488. The molecule has 0 atom stereocenters. The van der Waals surface area contributed by atoms with Crippen molar-refractivity contribution in [1.82, 2.24) is 9.78 Å². The Morgan fingerprint density at radius 1 is 1.40 bits per heavy atom. The van der Waals surface area contributed by atoms with E-state index < -0.39 is 4.92 Å². The van der Waals surface area contributed by atoms with Gasteiger partial charge in [-0.15, -0.1) is 0 Å². The van der Waals surface area contributed by atoms with Crippen LogP contribution in [0.4, 0.5) is 5.69 Å². The van der Waals surface area contributed by atoms with Crippen LogP contribution < -0.4 is 0 Å². The number of ketones is 1. The van der Waals surface area contributed by atoms with Gasteiger partial charge in [0.15, 0.2) is 5.78 Å². The molecule has 2 rings (SSSR count). The molecule has 0 saturated heterocycles. The van der Waals surface area contributed by atoms with Gasteiger partial charge in [0.1, 0.15) is 17.9 Å². The zero-order chi connectivity index (χ0) is 14.9. The van der Waals surface area contributed by atoms with E-state index in [0.29, 0.717) is 21.4 Å². The molecule has 0 N–H and O–H groups in total. The summed E-state index contributed by atoms with van der Waals surface area (Å²) in [4.78, 5) is 22.7. The van der Waals surface area contributed by atoms with Crippen molar-refractivity contribution in [3.05, 3.63) is 55.8 Å². The Bertz CT molecular complexity index is 694. The fraction of sp³-hybridized carbons (Fsp3) is 0.231. The Morgan fingerprint density at radius 3 is 2.60 bits per heavy atom. The Morgan fingerprint density at radius 2 is 2.05 bits per heavy atom. The molecule has 0 saturated carbocycles. The Hall–Kier alpha value is -2.02. The third-order valence-corrected chi connectivity index (χ3v) is 3.69. The lowest BCUT2D eigenvalue weighted by Crippen LogP contribution is -2.13. The van der Waals surface area contributed by atoms with E-state index in [0.717, 1.165) is 0 Å². The van der Waals surface area contributed by atoms with Crippen molar-refractivity contribution in [2.75, 3.05) is 0 Å². The van der Waals surface area contributed by atoms with Gasteiger partial charge in [-0.2, -0.15) is 5.10 Å². The standard InChI is InChI=1S/C13H12BrN3O3/c1-8-13(17(19)20)9(2)16(15-8)7-12(18)10-5-3-4-6-11(10)14/h3-6H,7H2,1-2H3. The molecule has 7 heteroatoms. The number of aromatic nitrogens is 2. The Kier molecular flexibility index (Phi) is 3.99. The van der Waals surface area contributed by atoms with Crippen LogP contribution >= 0.6 is 15.9 Å². The normalized spacial score (nSPS) is 10.6. The van der Waals surface area contributed by atoms with Crippen molar-refractivity contribution in [2.24, 2.45) is 0 Å². The van der Waals surface area contributed by atoms with Crippen LogP contribution in [0.25, 0.3) is 0 Å². The fourth-order valence-corrected chi connectivity index (χ4v) is 2.52. The maximum absolute atomic E-state index is 12.2. The van der Waals surface area contributed by atoms with E-state index in [1.54, 1.807) is 32.0 Å².